The number of carbonyl (C=O) groups is 1. The molecule has 0 radical (unpaired) electrons. The highest BCUT2D eigenvalue weighted by atomic mass is 16.2. The number of nitrogens with zero attached hydrogens (tertiary/aromatic N) is 2. The number of hydrogen-bond acceptors (Lipinski definition) is 2. The molecule has 1 saturated heterocycles. The Balaban J connectivity index is 1.61. The van der Waals surface area contributed by atoms with Gasteiger partial charge in [-0.15, -0.1) is 0 Å². The minimum Gasteiger partial charge on any atom is -0.335 e. The molecule has 2 bridgehead atoms. The Bertz CT molecular complexity index is 473. The van der Waals surface area contributed by atoms with Gasteiger partial charge in [0, 0.05) is 25.0 Å². The summed E-state index contributed by atoms with van der Waals surface area (Å²) in [5.41, 5.74) is 0.567. The molecule has 3 unspecified atom stereocenters. The van der Waals surface area contributed by atoms with E-state index in [1.54, 1.807) is 0 Å². The fourth-order valence-corrected chi connectivity index (χ4v) is 4.87. The molecule has 2 amide bonds. The van der Waals surface area contributed by atoms with Crippen molar-refractivity contribution in [1.29, 1.82) is 5.26 Å². The Labute approximate surface area is 127 Å². The van der Waals surface area contributed by atoms with Crippen LogP contribution in [0.4, 0.5) is 4.79 Å². The number of fused-ring (bicyclic) bond motifs is 2. The Morgan fingerprint density at radius 2 is 1.90 bits per heavy atom. The van der Waals surface area contributed by atoms with Crippen molar-refractivity contribution in [3.63, 3.8) is 0 Å². The Kier molecular flexibility index (Phi) is 3.43. The zero-order valence-electron chi connectivity index (χ0n) is 13.5. The van der Waals surface area contributed by atoms with Crippen molar-refractivity contribution in [2.75, 3.05) is 13.1 Å². The summed E-state index contributed by atoms with van der Waals surface area (Å²) in [5.74, 6) is 0.880. The van der Waals surface area contributed by atoms with Crippen LogP contribution in [0.2, 0.25) is 0 Å². The third kappa shape index (κ3) is 2.13. The van der Waals surface area contributed by atoms with E-state index < -0.39 is 0 Å². The monoisotopic (exact) mass is 289 g/mol. The number of amides is 2. The number of hydrogen-bond donors (Lipinski definition) is 1. The van der Waals surface area contributed by atoms with Gasteiger partial charge in [0.1, 0.15) is 0 Å². The van der Waals surface area contributed by atoms with Gasteiger partial charge in [-0.3, -0.25) is 0 Å². The molecular formula is C17H27N3O. The summed E-state index contributed by atoms with van der Waals surface area (Å²) in [5, 5.41) is 12.3. The van der Waals surface area contributed by atoms with Gasteiger partial charge < -0.3 is 10.2 Å². The van der Waals surface area contributed by atoms with Gasteiger partial charge in [0.05, 0.1) is 6.07 Å². The number of nitrogens with one attached hydrogen (secondary N) is 1. The maximum atomic E-state index is 12.5. The minimum atomic E-state index is 0.0842. The van der Waals surface area contributed by atoms with E-state index in [2.05, 4.69) is 32.2 Å². The van der Waals surface area contributed by atoms with Crippen molar-refractivity contribution in [1.82, 2.24) is 10.2 Å². The molecule has 0 aromatic carbocycles. The smallest absolute Gasteiger partial charge is 0.317 e. The van der Waals surface area contributed by atoms with Gasteiger partial charge in [-0.05, 0) is 48.9 Å². The molecular weight excluding hydrogens is 262 g/mol. The van der Waals surface area contributed by atoms with E-state index in [-0.39, 0.29) is 17.4 Å². The molecule has 0 aromatic rings. The first-order valence-corrected chi connectivity index (χ1v) is 8.33. The standard InChI is InChI=1S/C17H27N3O/c1-16(2)13-4-7-17(16,3)14(10-13)19-15(21)20-8-5-12(11-18)6-9-20/h12-14H,4-10H2,1-3H3,(H,19,21). The highest BCUT2D eigenvalue weighted by molar-refractivity contribution is 5.75. The Morgan fingerprint density at radius 1 is 1.24 bits per heavy atom. The molecule has 1 heterocycles. The summed E-state index contributed by atoms with van der Waals surface area (Å²) in [6, 6.07) is 2.71. The lowest BCUT2D eigenvalue weighted by Crippen LogP contribution is -2.52. The van der Waals surface area contributed by atoms with Crippen molar-refractivity contribution in [2.24, 2.45) is 22.7 Å². The van der Waals surface area contributed by atoms with Crippen LogP contribution in [-0.2, 0) is 0 Å². The van der Waals surface area contributed by atoms with Crippen LogP contribution >= 0.6 is 0 Å². The summed E-state index contributed by atoms with van der Waals surface area (Å²) >= 11 is 0. The molecule has 21 heavy (non-hydrogen) atoms. The van der Waals surface area contributed by atoms with Crippen LogP contribution in [0.15, 0.2) is 0 Å². The van der Waals surface area contributed by atoms with Crippen LogP contribution in [-0.4, -0.2) is 30.1 Å². The van der Waals surface area contributed by atoms with Crippen molar-refractivity contribution >= 4 is 6.03 Å². The van der Waals surface area contributed by atoms with Crippen LogP contribution in [0.1, 0.15) is 52.9 Å². The van der Waals surface area contributed by atoms with E-state index in [1.165, 1.54) is 12.8 Å². The fourth-order valence-electron chi connectivity index (χ4n) is 4.87. The first kappa shape index (κ1) is 14.7. The molecule has 1 aliphatic heterocycles. The van der Waals surface area contributed by atoms with Crippen molar-refractivity contribution in [2.45, 2.75) is 58.9 Å². The lowest BCUT2D eigenvalue weighted by atomic mass is 9.69. The second kappa shape index (κ2) is 4.90. The van der Waals surface area contributed by atoms with E-state index in [1.807, 2.05) is 4.90 Å². The van der Waals surface area contributed by atoms with E-state index in [0.717, 1.165) is 38.3 Å². The predicted octanol–water partition coefficient (Wildman–Crippen LogP) is 3.15. The largest absolute Gasteiger partial charge is 0.335 e. The van der Waals surface area contributed by atoms with Crippen molar-refractivity contribution < 1.29 is 4.79 Å². The number of rotatable bonds is 1. The summed E-state index contributed by atoms with van der Waals surface area (Å²) in [7, 11) is 0. The minimum absolute atomic E-state index is 0.0842. The van der Waals surface area contributed by atoms with E-state index in [0.29, 0.717) is 11.5 Å². The maximum Gasteiger partial charge on any atom is 0.317 e. The average Bonchev–Trinajstić information content (AvgIpc) is 2.80. The molecule has 3 fully saturated rings. The summed E-state index contributed by atoms with van der Waals surface area (Å²) in [6.07, 6.45) is 5.30. The van der Waals surface area contributed by atoms with Gasteiger partial charge in [-0.1, -0.05) is 20.8 Å². The molecule has 0 spiro atoms. The zero-order chi connectivity index (χ0) is 15.3. The van der Waals surface area contributed by atoms with Gasteiger partial charge >= 0.3 is 6.03 Å². The number of likely N-dealkylation sites (tertiary alicyclic amines) is 1. The van der Waals surface area contributed by atoms with Crippen molar-refractivity contribution in [3.05, 3.63) is 0 Å². The van der Waals surface area contributed by atoms with Crippen LogP contribution in [0.5, 0.6) is 0 Å². The second-order valence-electron chi connectivity index (χ2n) is 8.00. The normalized spacial score (nSPS) is 38.3. The quantitative estimate of drug-likeness (QED) is 0.806. The highest BCUT2D eigenvalue weighted by Crippen LogP contribution is 2.65. The van der Waals surface area contributed by atoms with E-state index in [9.17, 15) is 4.79 Å². The van der Waals surface area contributed by atoms with Gasteiger partial charge in [0.25, 0.3) is 0 Å². The summed E-state index contributed by atoms with van der Waals surface area (Å²) < 4.78 is 0. The van der Waals surface area contributed by atoms with Gasteiger partial charge in [-0.25, -0.2) is 4.79 Å². The highest BCUT2D eigenvalue weighted by Gasteiger charge is 2.61. The second-order valence-corrected chi connectivity index (χ2v) is 8.00. The van der Waals surface area contributed by atoms with Crippen LogP contribution in [0, 0.1) is 34.0 Å². The van der Waals surface area contributed by atoms with E-state index in [4.69, 9.17) is 5.26 Å². The summed E-state index contributed by atoms with van der Waals surface area (Å²) in [6.45, 7) is 8.54. The number of piperidine rings is 1. The number of carbonyl (C=O) groups excluding carboxylic acids is 1. The first-order valence-electron chi connectivity index (χ1n) is 8.33. The van der Waals surface area contributed by atoms with Crippen LogP contribution in [0.25, 0.3) is 0 Å². The van der Waals surface area contributed by atoms with Crippen molar-refractivity contribution in [3.8, 4) is 6.07 Å². The Hall–Kier alpha value is -1.24. The zero-order valence-corrected chi connectivity index (χ0v) is 13.5. The van der Waals surface area contributed by atoms with Gasteiger partial charge in [-0.2, -0.15) is 5.26 Å². The molecule has 2 saturated carbocycles. The topological polar surface area (TPSA) is 56.1 Å². The van der Waals surface area contributed by atoms with Gasteiger partial charge in [0.2, 0.25) is 0 Å². The molecule has 3 aliphatic rings. The molecule has 3 atom stereocenters. The third-order valence-corrected chi connectivity index (χ3v) is 7.06. The van der Waals surface area contributed by atoms with E-state index >= 15 is 0 Å². The molecule has 3 rings (SSSR count). The summed E-state index contributed by atoms with van der Waals surface area (Å²) in [4.78, 5) is 14.4. The average molecular weight is 289 g/mol. The van der Waals surface area contributed by atoms with Gasteiger partial charge in [0.15, 0.2) is 0 Å². The number of nitriles is 1. The van der Waals surface area contributed by atoms with Crippen LogP contribution < -0.4 is 5.32 Å². The van der Waals surface area contributed by atoms with Crippen LogP contribution in [0.3, 0.4) is 0 Å². The predicted molar refractivity (Wildman–Crippen MR) is 81.5 cm³/mol. The lowest BCUT2D eigenvalue weighted by molar-refractivity contribution is 0.115. The molecule has 0 aromatic heterocycles. The first-order chi connectivity index (χ1) is 9.88. The molecule has 2 aliphatic carbocycles. The maximum absolute atomic E-state index is 12.5. The third-order valence-electron chi connectivity index (χ3n) is 7.06. The molecule has 4 heteroatoms. The number of urea groups is 1. The molecule has 4 nitrogen and oxygen atoms in total. The molecule has 1 N–H and O–H groups in total. The lowest BCUT2D eigenvalue weighted by Gasteiger charge is -2.40. The fraction of sp³-hybridized carbons (Fsp3) is 0.882. The SMILES string of the molecule is CC1(C)C2CCC1(C)C(NC(=O)N1CCC(C#N)CC1)C2. The Morgan fingerprint density at radius 3 is 2.38 bits per heavy atom. The molecule has 116 valence electrons.